The van der Waals surface area contributed by atoms with Gasteiger partial charge in [-0.1, -0.05) is 12.7 Å². The van der Waals surface area contributed by atoms with Crippen molar-refractivity contribution in [2.75, 3.05) is 26.2 Å². The molecule has 0 spiro atoms. The maximum Gasteiger partial charge on any atom is 0.410 e. The van der Waals surface area contributed by atoms with E-state index >= 15 is 0 Å². The summed E-state index contributed by atoms with van der Waals surface area (Å²) in [6.07, 6.45) is 1.32. The summed E-state index contributed by atoms with van der Waals surface area (Å²) in [5.74, 6) is 0. The summed E-state index contributed by atoms with van der Waals surface area (Å²) in [6, 6.07) is 0. The number of nitrogens with one attached hydrogen (secondary N) is 1. The quantitative estimate of drug-likeness (QED) is 0.673. The number of amides is 1. The Labute approximate surface area is 84.9 Å². The molecule has 1 aliphatic rings. The van der Waals surface area contributed by atoms with Gasteiger partial charge in [0, 0.05) is 19.6 Å². The fourth-order valence-electron chi connectivity index (χ4n) is 1.53. The predicted molar refractivity (Wildman–Crippen MR) is 55.2 cm³/mol. The molecule has 0 aromatic carbocycles. The number of piperazine rings is 1. The van der Waals surface area contributed by atoms with Crippen LogP contribution in [-0.2, 0) is 4.74 Å². The van der Waals surface area contributed by atoms with Gasteiger partial charge in [0.25, 0.3) is 0 Å². The highest BCUT2D eigenvalue weighted by molar-refractivity contribution is 5.69. The van der Waals surface area contributed by atoms with Crippen molar-refractivity contribution in [3.05, 3.63) is 12.7 Å². The second-order valence-electron chi connectivity index (χ2n) is 4.01. The molecule has 14 heavy (non-hydrogen) atoms. The smallest absolute Gasteiger partial charge is 0.410 e. The molecular formula is C10H18N2O2. The molecule has 1 fully saturated rings. The molecular weight excluding hydrogens is 180 g/mol. The predicted octanol–water partition coefficient (Wildman–Crippen LogP) is 0.993. The molecule has 0 atom stereocenters. The largest absolute Gasteiger partial charge is 0.445 e. The normalized spacial score (nSPS) is 20.3. The molecule has 1 saturated heterocycles. The van der Waals surface area contributed by atoms with Crippen molar-refractivity contribution in [1.29, 1.82) is 0 Å². The Hall–Kier alpha value is -1.03. The van der Waals surface area contributed by atoms with Crippen molar-refractivity contribution in [1.82, 2.24) is 10.2 Å². The van der Waals surface area contributed by atoms with Crippen LogP contribution in [0.2, 0.25) is 0 Å². The molecule has 4 nitrogen and oxygen atoms in total. The Morgan fingerprint density at radius 3 is 3.00 bits per heavy atom. The number of carbonyl (C=O) groups is 1. The average Bonchev–Trinajstić information content (AvgIpc) is 2.13. The lowest BCUT2D eigenvalue weighted by Crippen LogP contribution is -2.59. The minimum absolute atomic E-state index is 0.170. The molecule has 0 aromatic rings. The number of hydrogen-bond donors (Lipinski definition) is 1. The van der Waals surface area contributed by atoms with Gasteiger partial charge in [0.1, 0.15) is 6.61 Å². The average molecular weight is 198 g/mol. The number of nitrogens with zero attached hydrogens (tertiary/aromatic N) is 1. The molecule has 4 heteroatoms. The van der Waals surface area contributed by atoms with Gasteiger partial charge in [0.2, 0.25) is 0 Å². The monoisotopic (exact) mass is 198 g/mol. The summed E-state index contributed by atoms with van der Waals surface area (Å²) < 4.78 is 5.01. The maximum absolute atomic E-state index is 11.6. The molecule has 1 rings (SSSR count). The summed E-state index contributed by atoms with van der Waals surface area (Å²) in [5.41, 5.74) is -0.170. The van der Waals surface area contributed by atoms with Crippen LogP contribution in [0.25, 0.3) is 0 Å². The minimum Gasteiger partial charge on any atom is -0.445 e. The van der Waals surface area contributed by atoms with Crippen molar-refractivity contribution in [2.24, 2.45) is 0 Å². The van der Waals surface area contributed by atoms with Crippen LogP contribution >= 0.6 is 0 Å². The van der Waals surface area contributed by atoms with Crippen LogP contribution in [0.3, 0.4) is 0 Å². The van der Waals surface area contributed by atoms with Crippen LogP contribution < -0.4 is 5.32 Å². The second kappa shape index (κ2) is 4.46. The third kappa shape index (κ3) is 2.48. The van der Waals surface area contributed by atoms with Gasteiger partial charge in [-0.05, 0) is 13.8 Å². The van der Waals surface area contributed by atoms with Crippen molar-refractivity contribution in [2.45, 2.75) is 19.4 Å². The van der Waals surface area contributed by atoms with Gasteiger partial charge >= 0.3 is 6.09 Å². The number of hydrogen-bond acceptors (Lipinski definition) is 3. The highest BCUT2D eigenvalue weighted by Gasteiger charge is 2.33. The van der Waals surface area contributed by atoms with E-state index in [1.807, 2.05) is 13.8 Å². The Morgan fingerprint density at radius 2 is 2.43 bits per heavy atom. The zero-order chi connectivity index (χ0) is 10.6. The van der Waals surface area contributed by atoms with E-state index in [0.29, 0.717) is 6.54 Å². The molecule has 1 N–H and O–H groups in total. The lowest BCUT2D eigenvalue weighted by molar-refractivity contribution is 0.0561. The van der Waals surface area contributed by atoms with E-state index in [1.165, 1.54) is 0 Å². The third-order valence-corrected chi connectivity index (χ3v) is 2.35. The first kappa shape index (κ1) is 11.0. The first-order valence-corrected chi connectivity index (χ1v) is 4.84. The van der Waals surface area contributed by atoms with Crippen LogP contribution in [0, 0.1) is 0 Å². The zero-order valence-corrected chi connectivity index (χ0v) is 8.88. The van der Waals surface area contributed by atoms with Crippen LogP contribution in [0.5, 0.6) is 0 Å². The van der Waals surface area contributed by atoms with Crippen LogP contribution in [0.4, 0.5) is 4.79 Å². The van der Waals surface area contributed by atoms with E-state index < -0.39 is 0 Å². The summed E-state index contributed by atoms with van der Waals surface area (Å²) >= 11 is 0. The molecule has 1 heterocycles. The zero-order valence-electron chi connectivity index (χ0n) is 8.88. The Kier molecular flexibility index (Phi) is 3.52. The van der Waals surface area contributed by atoms with E-state index in [2.05, 4.69) is 11.9 Å². The topological polar surface area (TPSA) is 41.6 Å². The molecule has 0 saturated carbocycles. The SMILES string of the molecule is C=CCOC(=O)N1CCNCC1(C)C. The van der Waals surface area contributed by atoms with Crippen LogP contribution in [-0.4, -0.2) is 42.8 Å². The van der Waals surface area contributed by atoms with Gasteiger partial charge in [0.05, 0.1) is 5.54 Å². The summed E-state index contributed by atoms with van der Waals surface area (Å²) in [5, 5.41) is 3.25. The van der Waals surface area contributed by atoms with Crippen LogP contribution in [0.15, 0.2) is 12.7 Å². The van der Waals surface area contributed by atoms with Gasteiger partial charge in [-0.25, -0.2) is 4.79 Å². The summed E-state index contributed by atoms with van der Waals surface area (Å²) in [7, 11) is 0. The van der Waals surface area contributed by atoms with Gasteiger partial charge in [-0.2, -0.15) is 0 Å². The van der Waals surface area contributed by atoms with Crippen molar-refractivity contribution in [3.63, 3.8) is 0 Å². The summed E-state index contributed by atoms with van der Waals surface area (Å²) in [4.78, 5) is 13.4. The highest BCUT2D eigenvalue weighted by Crippen LogP contribution is 2.17. The summed E-state index contributed by atoms with van der Waals surface area (Å²) in [6.45, 7) is 10.2. The standard InChI is InChI=1S/C10H18N2O2/c1-4-7-14-9(13)12-6-5-11-8-10(12,2)3/h4,11H,1,5-8H2,2-3H3. The Morgan fingerprint density at radius 1 is 1.71 bits per heavy atom. The molecule has 80 valence electrons. The maximum atomic E-state index is 11.6. The van der Waals surface area contributed by atoms with E-state index in [4.69, 9.17) is 4.74 Å². The van der Waals surface area contributed by atoms with E-state index in [0.717, 1.165) is 13.1 Å². The van der Waals surface area contributed by atoms with E-state index in [9.17, 15) is 4.79 Å². The van der Waals surface area contributed by atoms with Gasteiger partial charge in [-0.15, -0.1) is 0 Å². The fraction of sp³-hybridized carbons (Fsp3) is 0.700. The molecule has 0 aliphatic carbocycles. The first-order valence-electron chi connectivity index (χ1n) is 4.84. The van der Waals surface area contributed by atoms with Crippen LogP contribution in [0.1, 0.15) is 13.8 Å². The molecule has 0 radical (unpaired) electrons. The van der Waals surface area contributed by atoms with Gasteiger partial charge < -0.3 is 15.0 Å². The number of carbonyl (C=O) groups excluding carboxylic acids is 1. The first-order chi connectivity index (χ1) is 6.58. The molecule has 1 amide bonds. The van der Waals surface area contributed by atoms with Gasteiger partial charge in [-0.3, -0.25) is 0 Å². The Bertz CT molecular complexity index is 226. The lowest BCUT2D eigenvalue weighted by atomic mass is 10.0. The molecule has 1 aliphatic heterocycles. The number of ether oxygens (including phenoxy) is 1. The molecule has 0 aromatic heterocycles. The fourth-order valence-corrected chi connectivity index (χ4v) is 1.53. The van der Waals surface area contributed by atoms with Crippen molar-refractivity contribution < 1.29 is 9.53 Å². The van der Waals surface area contributed by atoms with E-state index in [-0.39, 0.29) is 18.2 Å². The van der Waals surface area contributed by atoms with Crippen molar-refractivity contribution in [3.8, 4) is 0 Å². The third-order valence-electron chi connectivity index (χ3n) is 2.35. The highest BCUT2D eigenvalue weighted by atomic mass is 16.6. The minimum atomic E-state index is -0.253. The van der Waals surface area contributed by atoms with Crippen molar-refractivity contribution >= 4 is 6.09 Å². The molecule has 0 unspecified atom stereocenters. The lowest BCUT2D eigenvalue weighted by Gasteiger charge is -2.41. The Balaban J connectivity index is 2.55. The number of rotatable bonds is 2. The van der Waals surface area contributed by atoms with Gasteiger partial charge in [0.15, 0.2) is 0 Å². The second-order valence-corrected chi connectivity index (χ2v) is 4.01. The molecule has 0 bridgehead atoms. The van der Waals surface area contributed by atoms with E-state index in [1.54, 1.807) is 11.0 Å².